The number of hydrogen-bond donors (Lipinski definition) is 0. The van der Waals surface area contributed by atoms with Crippen molar-refractivity contribution in [1.29, 1.82) is 5.26 Å². The molecule has 0 unspecified atom stereocenters. The monoisotopic (exact) mass is 435 g/mol. The summed E-state index contributed by atoms with van der Waals surface area (Å²) in [5, 5.41) is 14.3. The highest BCUT2D eigenvalue weighted by atomic mass is 31.2. The lowest BCUT2D eigenvalue weighted by molar-refractivity contribution is -0.135. The fourth-order valence-electron chi connectivity index (χ4n) is 4.01. The molecule has 0 N–H and O–H groups in total. The van der Waals surface area contributed by atoms with Gasteiger partial charge in [-0.25, -0.2) is 4.79 Å². The number of benzene rings is 3. The molecular weight excluding hydrogens is 413 g/mol. The van der Waals surface area contributed by atoms with Gasteiger partial charge >= 0.3 is 5.97 Å². The fourth-order valence-corrected chi connectivity index (χ4v) is 8.30. The molecule has 0 bridgehead atoms. The van der Waals surface area contributed by atoms with Crippen molar-refractivity contribution in [1.82, 2.24) is 0 Å². The van der Waals surface area contributed by atoms with E-state index in [1.165, 1.54) is 23.0 Å². The molecule has 3 aromatic rings. The molecular formula is C28H22NO2P. The van der Waals surface area contributed by atoms with Gasteiger partial charge in [0.05, 0.1) is 7.11 Å². The van der Waals surface area contributed by atoms with Crippen LogP contribution in [-0.4, -0.2) is 18.4 Å². The second kappa shape index (κ2) is 9.52. The maximum atomic E-state index is 11.9. The summed E-state index contributed by atoms with van der Waals surface area (Å²) in [5.41, 5.74) is 0.779. The lowest BCUT2D eigenvalue weighted by Gasteiger charge is -2.30. The van der Waals surface area contributed by atoms with Crippen molar-refractivity contribution in [2.24, 2.45) is 0 Å². The van der Waals surface area contributed by atoms with E-state index in [4.69, 9.17) is 4.74 Å². The van der Waals surface area contributed by atoms with E-state index >= 15 is 0 Å². The fraction of sp³-hybridized carbons (Fsp3) is 0.0357. The predicted octanol–water partition coefficient (Wildman–Crippen LogP) is 4.27. The molecule has 0 aromatic heterocycles. The minimum atomic E-state index is -2.20. The highest BCUT2D eigenvalue weighted by molar-refractivity contribution is 7.95. The number of methoxy groups -OCH3 is 1. The second-order valence-corrected chi connectivity index (χ2v) is 10.6. The maximum Gasteiger partial charge on any atom is 0.348 e. The Morgan fingerprint density at radius 3 is 1.69 bits per heavy atom. The van der Waals surface area contributed by atoms with Crippen LogP contribution in [0, 0.1) is 11.3 Å². The summed E-state index contributed by atoms with van der Waals surface area (Å²) < 4.78 is 4.73. The van der Waals surface area contributed by atoms with Crippen LogP contribution in [0.1, 0.15) is 0 Å². The number of allylic oxidation sites excluding steroid dienone is 5. The minimum Gasteiger partial charge on any atom is -0.465 e. The molecule has 0 fully saturated rings. The number of carbonyl (C=O) groups excluding carboxylic acids is 1. The molecule has 1 aliphatic rings. The van der Waals surface area contributed by atoms with Crippen molar-refractivity contribution < 1.29 is 9.53 Å². The molecule has 32 heavy (non-hydrogen) atoms. The van der Waals surface area contributed by atoms with Gasteiger partial charge in [-0.05, 0) is 45.8 Å². The number of nitrogens with zero attached hydrogens (tertiary/aromatic N) is 1. The third-order valence-corrected chi connectivity index (χ3v) is 9.69. The van der Waals surface area contributed by atoms with Gasteiger partial charge in [-0.1, -0.05) is 103 Å². The van der Waals surface area contributed by atoms with Crippen molar-refractivity contribution in [3.05, 3.63) is 126 Å². The first-order valence-electron chi connectivity index (χ1n) is 10.2. The van der Waals surface area contributed by atoms with Crippen LogP contribution in [0.5, 0.6) is 0 Å². The average molecular weight is 435 g/mol. The maximum absolute atomic E-state index is 11.9. The van der Waals surface area contributed by atoms with Crippen molar-refractivity contribution in [3.63, 3.8) is 0 Å². The van der Waals surface area contributed by atoms with Crippen molar-refractivity contribution in [2.75, 3.05) is 7.11 Å². The van der Waals surface area contributed by atoms with Crippen LogP contribution in [0.15, 0.2) is 126 Å². The third-order valence-electron chi connectivity index (χ3n) is 5.42. The Balaban J connectivity index is 2.08. The number of ether oxygens (including phenoxy) is 1. The lowest BCUT2D eigenvalue weighted by atomic mass is 10.2. The number of carbonyl (C=O) groups is 1. The predicted molar refractivity (Wildman–Crippen MR) is 133 cm³/mol. The number of esters is 1. The molecule has 1 aliphatic carbocycles. The zero-order chi connectivity index (χ0) is 22.4. The van der Waals surface area contributed by atoms with Crippen molar-refractivity contribution in [2.45, 2.75) is 0 Å². The van der Waals surface area contributed by atoms with E-state index in [1.54, 1.807) is 6.08 Å². The number of rotatable bonds is 5. The van der Waals surface area contributed by atoms with Crippen LogP contribution in [0.3, 0.4) is 0 Å². The van der Waals surface area contributed by atoms with E-state index in [-0.39, 0.29) is 5.57 Å². The Hall–Kier alpha value is -3.86. The quantitative estimate of drug-likeness (QED) is 0.260. The highest BCUT2D eigenvalue weighted by Gasteiger charge is 2.29. The summed E-state index contributed by atoms with van der Waals surface area (Å²) in [5.74, 6) is -0.634. The normalized spacial score (nSPS) is 13.4. The molecule has 3 nitrogen and oxygen atoms in total. The highest BCUT2D eigenvalue weighted by Crippen LogP contribution is 2.47. The minimum absolute atomic E-state index is 0.0206. The number of nitriles is 1. The molecule has 0 saturated carbocycles. The molecule has 0 aliphatic heterocycles. The first-order valence-corrected chi connectivity index (χ1v) is 12.0. The van der Waals surface area contributed by atoms with Crippen LogP contribution in [0.4, 0.5) is 0 Å². The van der Waals surface area contributed by atoms with E-state index in [9.17, 15) is 10.1 Å². The first-order chi connectivity index (χ1) is 15.7. The summed E-state index contributed by atoms with van der Waals surface area (Å²) in [6.45, 7) is -2.20. The molecule has 0 radical (unpaired) electrons. The second-order valence-electron chi connectivity index (χ2n) is 7.24. The summed E-state index contributed by atoms with van der Waals surface area (Å²) in [7, 11) is 1.28. The Morgan fingerprint density at radius 2 is 1.28 bits per heavy atom. The Kier molecular flexibility index (Phi) is 6.36. The molecule has 0 heterocycles. The van der Waals surface area contributed by atoms with Gasteiger partial charge in [0, 0.05) is 0 Å². The topological polar surface area (TPSA) is 50.1 Å². The zero-order valence-corrected chi connectivity index (χ0v) is 18.6. The van der Waals surface area contributed by atoms with Crippen molar-refractivity contribution in [3.8, 4) is 6.07 Å². The molecule has 0 saturated heterocycles. The largest absolute Gasteiger partial charge is 0.465 e. The molecule has 4 rings (SSSR count). The number of hydrogen-bond acceptors (Lipinski definition) is 3. The summed E-state index contributed by atoms with van der Waals surface area (Å²) in [4.78, 5) is 11.9. The molecule has 3 aromatic carbocycles. The van der Waals surface area contributed by atoms with Crippen LogP contribution in [0.2, 0.25) is 0 Å². The van der Waals surface area contributed by atoms with Gasteiger partial charge in [0.15, 0.2) is 0 Å². The van der Waals surface area contributed by atoms with E-state index in [1.807, 2.05) is 30.3 Å². The Labute approximate surface area is 188 Å². The summed E-state index contributed by atoms with van der Waals surface area (Å²) in [6, 6.07) is 33.6. The average Bonchev–Trinajstić information content (AvgIpc) is 3.33. The van der Waals surface area contributed by atoms with Crippen LogP contribution < -0.4 is 15.9 Å². The Morgan fingerprint density at radius 1 is 0.812 bits per heavy atom. The molecule has 0 atom stereocenters. The third kappa shape index (κ3) is 3.89. The summed E-state index contributed by atoms with van der Waals surface area (Å²) in [6.07, 6.45) is 7.74. The van der Waals surface area contributed by atoms with Gasteiger partial charge in [0.2, 0.25) is 0 Å². The lowest BCUT2D eigenvalue weighted by Crippen LogP contribution is -2.29. The van der Waals surface area contributed by atoms with Crippen LogP contribution in [0.25, 0.3) is 0 Å². The van der Waals surface area contributed by atoms with Gasteiger partial charge in [-0.2, -0.15) is 5.26 Å². The molecule has 4 heteroatoms. The molecule has 0 spiro atoms. The van der Waals surface area contributed by atoms with Gasteiger partial charge in [-0.15, -0.1) is 0 Å². The van der Waals surface area contributed by atoms with E-state index < -0.39 is 12.9 Å². The first kappa shape index (κ1) is 21.4. The van der Waals surface area contributed by atoms with E-state index in [2.05, 4.69) is 84.9 Å². The molecule has 156 valence electrons. The van der Waals surface area contributed by atoms with Crippen LogP contribution in [-0.2, 0) is 9.53 Å². The summed E-state index contributed by atoms with van der Waals surface area (Å²) >= 11 is 0. The Bertz CT molecular complexity index is 1210. The van der Waals surface area contributed by atoms with Gasteiger partial charge in [0.1, 0.15) is 11.6 Å². The SMILES string of the molecule is COC(=O)/C(C#N)=C/C1=CC(=P(c2ccccc2)(c2ccccc2)c2ccccc2)C=C1. The zero-order valence-electron chi connectivity index (χ0n) is 17.7. The van der Waals surface area contributed by atoms with E-state index in [0.717, 1.165) is 10.9 Å². The standard InChI is InChI=1S/C28H22NO2P/c1-31-28(30)23(21-29)19-22-17-18-27(20-22)32(24-11-5-2-6-12-24,25-13-7-3-8-14-25)26-15-9-4-10-16-26/h2-20H,1H3/b23-19+. The van der Waals surface area contributed by atoms with Gasteiger partial charge in [-0.3, -0.25) is 0 Å². The van der Waals surface area contributed by atoms with Crippen molar-refractivity contribution >= 4 is 34.1 Å². The molecule has 0 amide bonds. The smallest absolute Gasteiger partial charge is 0.348 e. The van der Waals surface area contributed by atoms with Gasteiger partial charge in [0.25, 0.3) is 0 Å². The van der Waals surface area contributed by atoms with Crippen LogP contribution >= 0.6 is 6.89 Å². The van der Waals surface area contributed by atoms with Gasteiger partial charge < -0.3 is 4.74 Å². The van der Waals surface area contributed by atoms with E-state index in [0.29, 0.717) is 0 Å².